The van der Waals surface area contributed by atoms with Crippen molar-refractivity contribution in [1.82, 2.24) is 40.6 Å². The van der Waals surface area contributed by atoms with Crippen molar-refractivity contribution in [3.63, 3.8) is 0 Å². The summed E-state index contributed by atoms with van der Waals surface area (Å²) in [6.45, 7) is 7.21. The van der Waals surface area contributed by atoms with Gasteiger partial charge in [-0.25, -0.2) is 14.4 Å². The molecule has 5 N–H and O–H groups in total. The van der Waals surface area contributed by atoms with Crippen molar-refractivity contribution in [2.75, 3.05) is 54.4 Å². The highest BCUT2D eigenvalue weighted by Crippen LogP contribution is 2.33. The second kappa shape index (κ2) is 20.3. The Hall–Kier alpha value is -7.09. The second-order valence-electron chi connectivity index (χ2n) is 19.2. The first-order valence-corrected chi connectivity index (χ1v) is 25.0. The van der Waals surface area contributed by atoms with Gasteiger partial charge in [-0.3, -0.25) is 34.2 Å². The number of rotatable bonds is 12. The van der Waals surface area contributed by atoms with Gasteiger partial charge in [0.05, 0.1) is 23.8 Å². The molecule has 1 atom stereocenters. The van der Waals surface area contributed by atoms with E-state index >= 15 is 4.39 Å². The van der Waals surface area contributed by atoms with Gasteiger partial charge >= 0.3 is 0 Å². The number of nitrogens with two attached hydrogens (primary N) is 1. The molecule has 7 heterocycles. The molecule has 71 heavy (non-hydrogen) atoms. The Bertz CT molecular complexity index is 2900. The average Bonchev–Trinajstić information content (AvgIpc) is 3.70. The zero-order chi connectivity index (χ0) is 49.2. The molecule has 0 radical (unpaired) electrons. The molecule has 366 valence electrons. The number of halogens is 1. The number of fused-ring (bicyclic) bond motifs is 1. The summed E-state index contributed by atoms with van der Waals surface area (Å²) in [5, 5.41) is 17.5. The van der Waals surface area contributed by atoms with E-state index in [9.17, 15) is 24.0 Å². The fourth-order valence-corrected chi connectivity index (χ4v) is 10.8. The number of piperidine rings is 3. The van der Waals surface area contributed by atoms with Crippen LogP contribution in [0.2, 0.25) is 0 Å². The Morgan fingerprint density at radius 1 is 0.873 bits per heavy atom. The van der Waals surface area contributed by atoms with E-state index in [1.165, 1.54) is 22.7 Å². The smallest absolute Gasteiger partial charge is 0.272 e. The van der Waals surface area contributed by atoms with Crippen LogP contribution in [0.3, 0.4) is 0 Å². The van der Waals surface area contributed by atoms with Crippen molar-refractivity contribution in [3.05, 3.63) is 131 Å². The molecule has 10 rings (SSSR count). The molecule has 5 amide bonds. The standard InChI is InChI=1S/C52H55FN12O5S/c1-52(54)17-23-64(24-18-52)45-29-56-47(30-55-45)71-38-4-2-3-36(27-38)58-48(67)34-6-10-43(40(53)26-34)63-21-15-37(16-22-63)62-19-13-33(14-20-62)41-8-9-42(61-60-41)49(68)57-28-32-5-7-39-35(25-32)31-65(51(39)70)44-11-12-46(66)59-50(44)69/h2-10,13,25-27,29-30,37,44H,11-12,14-24,28,31,54H2,1H3,(H,57,68)(H,58,67)(H,59,66,69). The maximum absolute atomic E-state index is 15.7. The summed E-state index contributed by atoms with van der Waals surface area (Å²) < 4.78 is 15.7. The number of hydrogen-bond acceptors (Lipinski definition) is 14. The van der Waals surface area contributed by atoms with Crippen LogP contribution in [0.15, 0.2) is 101 Å². The topological polar surface area (TPSA) is 212 Å². The molecule has 19 heteroatoms. The van der Waals surface area contributed by atoms with Gasteiger partial charge in [0.1, 0.15) is 22.7 Å². The largest absolute Gasteiger partial charge is 0.369 e. The quantitative estimate of drug-likeness (QED) is 0.113. The molecule has 3 saturated heterocycles. The predicted octanol–water partition coefficient (Wildman–Crippen LogP) is 5.58. The summed E-state index contributed by atoms with van der Waals surface area (Å²) in [6, 6.07) is 20.6. The van der Waals surface area contributed by atoms with Crippen LogP contribution in [0.25, 0.3) is 5.57 Å². The fraction of sp³-hybridized carbons (Fsp3) is 0.365. The van der Waals surface area contributed by atoms with Gasteiger partial charge in [-0.15, -0.1) is 5.10 Å². The number of anilines is 3. The van der Waals surface area contributed by atoms with Gasteiger partial charge in [0.2, 0.25) is 11.8 Å². The maximum atomic E-state index is 15.7. The first-order valence-electron chi connectivity index (χ1n) is 24.1. The van der Waals surface area contributed by atoms with Crippen molar-refractivity contribution in [2.24, 2.45) is 5.73 Å². The van der Waals surface area contributed by atoms with E-state index in [0.29, 0.717) is 42.5 Å². The molecule has 2 aromatic heterocycles. The highest BCUT2D eigenvalue weighted by molar-refractivity contribution is 7.99. The minimum absolute atomic E-state index is 0.141. The lowest BCUT2D eigenvalue weighted by molar-refractivity contribution is -0.136. The zero-order valence-corrected chi connectivity index (χ0v) is 40.2. The molecule has 0 spiro atoms. The van der Waals surface area contributed by atoms with Gasteiger partial charge in [0.25, 0.3) is 17.7 Å². The van der Waals surface area contributed by atoms with Gasteiger partial charge < -0.3 is 31.1 Å². The zero-order valence-electron chi connectivity index (χ0n) is 39.4. The van der Waals surface area contributed by atoms with Crippen LogP contribution in [0.4, 0.5) is 21.6 Å². The van der Waals surface area contributed by atoms with Gasteiger partial charge in [0, 0.05) is 92.1 Å². The van der Waals surface area contributed by atoms with E-state index in [1.54, 1.807) is 48.8 Å². The lowest BCUT2D eigenvalue weighted by atomic mass is 9.91. The van der Waals surface area contributed by atoms with E-state index in [2.05, 4.69) is 63.8 Å². The number of hydrogen-bond donors (Lipinski definition) is 4. The summed E-state index contributed by atoms with van der Waals surface area (Å²) in [7, 11) is 0. The van der Waals surface area contributed by atoms with Crippen LogP contribution in [-0.2, 0) is 22.7 Å². The number of amides is 5. The second-order valence-corrected chi connectivity index (χ2v) is 20.3. The monoisotopic (exact) mass is 978 g/mol. The Labute approximate surface area is 414 Å². The van der Waals surface area contributed by atoms with E-state index in [4.69, 9.17) is 5.73 Å². The Kier molecular flexibility index (Phi) is 13.6. The summed E-state index contributed by atoms with van der Waals surface area (Å²) >= 11 is 1.45. The lowest BCUT2D eigenvalue weighted by Gasteiger charge is -2.40. The molecule has 17 nitrogen and oxygen atoms in total. The first-order chi connectivity index (χ1) is 34.3. The molecular formula is C52H55FN12O5S. The summed E-state index contributed by atoms with van der Waals surface area (Å²) in [4.78, 5) is 81.7. The number of carbonyl (C=O) groups excluding carboxylic acids is 5. The molecule has 0 bridgehead atoms. The molecule has 5 aliphatic heterocycles. The van der Waals surface area contributed by atoms with Crippen LogP contribution in [0.5, 0.6) is 0 Å². The molecular weight excluding hydrogens is 924 g/mol. The summed E-state index contributed by atoms with van der Waals surface area (Å²) in [5.74, 6) is -1.41. The Balaban J connectivity index is 0.662. The summed E-state index contributed by atoms with van der Waals surface area (Å²) in [5.41, 5.74) is 11.5. The van der Waals surface area contributed by atoms with Crippen molar-refractivity contribution in [1.29, 1.82) is 0 Å². The highest BCUT2D eigenvalue weighted by atomic mass is 32.2. The fourth-order valence-electron chi connectivity index (χ4n) is 9.99. The number of benzene rings is 3. The third kappa shape index (κ3) is 10.8. The normalized spacial score (nSPS) is 19.5. The number of nitrogens with zero attached hydrogens (tertiary/aromatic N) is 8. The minimum Gasteiger partial charge on any atom is -0.369 e. The minimum atomic E-state index is -0.691. The van der Waals surface area contributed by atoms with Crippen molar-refractivity contribution in [2.45, 2.75) is 92.5 Å². The third-order valence-electron chi connectivity index (χ3n) is 14.2. The predicted molar refractivity (Wildman–Crippen MR) is 266 cm³/mol. The van der Waals surface area contributed by atoms with Crippen LogP contribution in [-0.4, -0.2) is 116 Å². The molecule has 0 saturated carbocycles. The van der Waals surface area contributed by atoms with E-state index in [0.717, 1.165) is 96.4 Å². The van der Waals surface area contributed by atoms with Gasteiger partial charge in [-0.2, -0.15) is 5.10 Å². The van der Waals surface area contributed by atoms with Gasteiger partial charge in [-0.05, 0) is 117 Å². The Morgan fingerprint density at radius 2 is 1.70 bits per heavy atom. The Morgan fingerprint density at radius 3 is 2.42 bits per heavy atom. The van der Waals surface area contributed by atoms with Crippen molar-refractivity contribution < 1.29 is 28.4 Å². The molecule has 1 unspecified atom stereocenters. The average molecular weight is 979 g/mol. The first kappa shape index (κ1) is 47.6. The van der Waals surface area contributed by atoms with Crippen molar-refractivity contribution in [3.8, 4) is 0 Å². The number of nitrogens with one attached hydrogen (secondary N) is 3. The molecule has 5 aromatic rings. The maximum Gasteiger partial charge on any atom is 0.272 e. The third-order valence-corrected chi connectivity index (χ3v) is 15.1. The van der Waals surface area contributed by atoms with Gasteiger partial charge in [0.15, 0.2) is 5.69 Å². The van der Waals surface area contributed by atoms with Crippen LogP contribution in [0.1, 0.15) is 99.9 Å². The molecule has 3 fully saturated rings. The molecule has 5 aliphatic rings. The van der Waals surface area contributed by atoms with Crippen LogP contribution >= 0.6 is 11.8 Å². The van der Waals surface area contributed by atoms with E-state index in [-0.39, 0.29) is 54.0 Å². The number of imide groups is 1. The lowest BCUT2D eigenvalue weighted by Crippen LogP contribution is -2.52. The van der Waals surface area contributed by atoms with Crippen LogP contribution in [0, 0.1) is 5.82 Å². The molecule has 0 aliphatic carbocycles. The SMILES string of the molecule is CC1(N)CCN(c2cnc(Sc3cccc(NC(=O)c4ccc(N5CCC(N6CC=C(c7ccc(C(=O)NCc8ccc9c(c8)CN(C8CCC(=O)NC8=O)C9=O)nn7)CC6)CC5)c(F)c4)c3)cn2)CC1. The number of carbonyl (C=O) groups is 5. The van der Waals surface area contributed by atoms with Gasteiger partial charge in [-0.1, -0.05) is 36.0 Å². The van der Waals surface area contributed by atoms with E-state index < -0.39 is 23.7 Å². The van der Waals surface area contributed by atoms with E-state index in [1.807, 2.05) is 30.3 Å². The highest BCUT2D eigenvalue weighted by Gasteiger charge is 2.39. The summed E-state index contributed by atoms with van der Waals surface area (Å²) in [6.07, 6.45) is 10.5. The van der Waals surface area contributed by atoms with Crippen molar-refractivity contribution >= 4 is 64.1 Å². The number of aromatic nitrogens is 4. The molecule has 3 aromatic carbocycles. The van der Waals surface area contributed by atoms with Crippen LogP contribution < -0.4 is 31.5 Å².